The predicted molar refractivity (Wildman–Crippen MR) is 84.4 cm³/mol. The molecule has 0 aliphatic rings. The summed E-state index contributed by atoms with van der Waals surface area (Å²) in [7, 11) is -3.47. The smallest absolute Gasteiger partial charge is 0.211 e. The van der Waals surface area contributed by atoms with Crippen LogP contribution in [0.2, 0.25) is 0 Å². The standard InChI is InChI=1S/C16H25NO2S/c1-7-8-16(5,6)11-17-20(18,19)15-13(3)9-12(2)10-14(15)4/h7,9-10,17H,1,8,11H2,2-6H3. The molecule has 4 heteroatoms. The van der Waals surface area contributed by atoms with Crippen molar-refractivity contribution in [2.24, 2.45) is 5.41 Å². The van der Waals surface area contributed by atoms with Gasteiger partial charge in [0.15, 0.2) is 0 Å². The minimum absolute atomic E-state index is 0.138. The molecule has 0 atom stereocenters. The number of allylic oxidation sites excluding steroid dienone is 1. The van der Waals surface area contributed by atoms with E-state index in [2.05, 4.69) is 11.3 Å². The summed E-state index contributed by atoms with van der Waals surface area (Å²) < 4.78 is 27.7. The van der Waals surface area contributed by atoms with E-state index in [4.69, 9.17) is 0 Å². The van der Waals surface area contributed by atoms with Crippen LogP contribution in [0.3, 0.4) is 0 Å². The molecule has 0 saturated carbocycles. The number of nitrogens with one attached hydrogen (secondary N) is 1. The van der Waals surface area contributed by atoms with E-state index in [1.54, 1.807) is 0 Å². The maximum atomic E-state index is 12.5. The third kappa shape index (κ3) is 4.18. The monoisotopic (exact) mass is 295 g/mol. The molecule has 0 spiro atoms. The molecule has 20 heavy (non-hydrogen) atoms. The van der Waals surface area contributed by atoms with Crippen molar-refractivity contribution < 1.29 is 8.42 Å². The second-order valence-electron chi connectivity index (χ2n) is 6.21. The molecule has 0 aliphatic heterocycles. The highest BCUT2D eigenvalue weighted by atomic mass is 32.2. The van der Waals surface area contributed by atoms with E-state index in [-0.39, 0.29) is 5.41 Å². The first-order valence-corrected chi connectivity index (χ1v) is 8.26. The Labute approximate surface area is 123 Å². The highest BCUT2D eigenvalue weighted by molar-refractivity contribution is 7.89. The quantitative estimate of drug-likeness (QED) is 0.817. The lowest BCUT2D eigenvalue weighted by atomic mass is 9.90. The van der Waals surface area contributed by atoms with Crippen LogP contribution in [0.4, 0.5) is 0 Å². The van der Waals surface area contributed by atoms with Gasteiger partial charge in [-0.15, -0.1) is 6.58 Å². The molecular formula is C16H25NO2S. The molecule has 0 bridgehead atoms. The molecule has 112 valence electrons. The lowest BCUT2D eigenvalue weighted by Gasteiger charge is -2.24. The van der Waals surface area contributed by atoms with Crippen molar-refractivity contribution in [3.63, 3.8) is 0 Å². The highest BCUT2D eigenvalue weighted by Gasteiger charge is 2.23. The second-order valence-corrected chi connectivity index (χ2v) is 7.91. The van der Waals surface area contributed by atoms with Crippen molar-refractivity contribution in [2.75, 3.05) is 6.54 Å². The molecule has 0 saturated heterocycles. The van der Waals surface area contributed by atoms with Gasteiger partial charge >= 0.3 is 0 Å². The molecule has 1 rings (SSSR count). The summed E-state index contributed by atoms with van der Waals surface area (Å²) in [4.78, 5) is 0.400. The first-order valence-electron chi connectivity index (χ1n) is 6.77. The van der Waals surface area contributed by atoms with E-state index >= 15 is 0 Å². The van der Waals surface area contributed by atoms with Gasteiger partial charge in [-0.05, 0) is 43.7 Å². The normalized spacial score (nSPS) is 12.4. The second kappa shape index (κ2) is 6.10. The number of benzene rings is 1. The number of hydrogen-bond acceptors (Lipinski definition) is 2. The maximum Gasteiger partial charge on any atom is 0.241 e. The molecule has 0 radical (unpaired) electrons. The zero-order chi connectivity index (χ0) is 15.6. The van der Waals surface area contributed by atoms with Crippen molar-refractivity contribution in [3.05, 3.63) is 41.5 Å². The highest BCUT2D eigenvalue weighted by Crippen LogP contribution is 2.24. The molecule has 1 aromatic rings. The van der Waals surface area contributed by atoms with Crippen molar-refractivity contribution >= 4 is 10.0 Å². The van der Waals surface area contributed by atoms with Crippen LogP contribution in [-0.2, 0) is 10.0 Å². The Kier molecular flexibility index (Phi) is 5.16. The van der Waals surface area contributed by atoms with Crippen LogP contribution in [0.15, 0.2) is 29.7 Å². The largest absolute Gasteiger partial charge is 0.241 e. The number of hydrogen-bond donors (Lipinski definition) is 1. The Bertz CT molecular complexity index is 578. The van der Waals surface area contributed by atoms with Crippen LogP contribution in [-0.4, -0.2) is 15.0 Å². The average molecular weight is 295 g/mol. The van der Waals surface area contributed by atoms with Crippen molar-refractivity contribution in [2.45, 2.75) is 45.9 Å². The van der Waals surface area contributed by atoms with Gasteiger partial charge < -0.3 is 0 Å². The van der Waals surface area contributed by atoms with Gasteiger partial charge in [0.05, 0.1) is 4.90 Å². The zero-order valence-corrected chi connectivity index (χ0v) is 13.9. The molecule has 1 aromatic carbocycles. The Hall–Kier alpha value is -1.13. The molecule has 0 unspecified atom stereocenters. The summed E-state index contributed by atoms with van der Waals surface area (Å²) in [5.74, 6) is 0. The number of aryl methyl sites for hydroxylation is 3. The fraction of sp³-hybridized carbons (Fsp3) is 0.500. The summed E-state index contributed by atoms with van der Waals surface area (Å²) in [6.45, 7) is 13.8. The number of rotatable bonds is 6. The molecule has 0 amide bonds. The van der Waals surface area contributed by atoms with Gasteiger partial charge in [0, 0.05) is 6.54 Å². The van der Waals surface area contributed by atoms with Gasteiger partial charge in [-0.3, -0.25) is 0 Å². The SMILES string of the molecule is C=CCC(C)(C)CNS(=O)(=O)c1c(C)cc(C)cc1C. The molecule has 1 N–H and O–H groups in total. The van der Waals surface area contributed by atoms with Crippen LogP contribution in [0.1, 0.15) is 37.0 Å². The average Bonchev–Trinajstić information content (AvgIpc) is 2.24. The predicted octanol–water partition coefficient (Wildman–Crippen LogP) is 3.49. The Morgan fingerprint density at radius 1 is 1.20 bits per heavy atom. The zero-order valence-electron chi connectivity index (χ0n) is 13.1. The summed E-state index contributed by atoms with van der Waals surface area (Å²) in [5, 5.41) is 0. The van der Waals surface area contributed by atoms with Gasteiger partial charge in [-0.25, -0.2) is 13.1 Å². The van der Waals surface area contributed by atoms with Crippen LogP contribution in [0, 0.1) is 26.2 Å². The Balaban J connectivity index is 3.04. The number of sulfonamides is 1. The van der Waals surface area contributed by atoms with Crippen LogP contribution in [0.5, 0.6) is 0 Å². The van der Waals surface area contributed by atoms with Gasteiger partial charge in [-0.1, -0.05) is 37.6 Å². The summed E-state index contributed by atoms with van der Waals surface area (Å²) in [5.41, 5.74) is 2.51. The third-order valence-corrected chi connectivity index (χ3v) is 5.02. The van der Waals surface area contributed by atoms with E-state index in [1.807, 2.05) is 52.8 Å². The van der Waals surface area contributed by atoms with Crippen LogP contribution >= 0.6 is 0 Å². The molecule has 0 aliphatic carbocycles. The molecule has 0 fully saturated rings. The van der Waals surface area contributed by atoms with Crippen LogP contribution in [0.25, 0.3) is 0 Å². The first kappa shape index (κ1) is 16.9. The van der Waals surface area contributed by atoms with E-state index in [1.165, 1.54) is 0 Å². The van der Waals surface area contributed by atoms with Gasteiger partial charge in [-0.2, -0.15) is 0 Å². The Morgan fingerprint density at radius 2 is 1.70 bits per heavy atom. The molecule has 0 heterocycles. The summed E-state index contributed by atoms with van der Waals surface area (Å²) >= 11 is 0. The molecule has 3 nitrogen and oxygen atoms in total. The molecular weight excluding hydrogens is 270 g/mol. The fourth-order valence-corrected chi connectivity index (χ4v) is 4.11. The van der Waals surface area contributed by atoms with Crippen LogP contribution < -0.4 is 4.72 Å². The van der Waals surface area contributed by atoms with E-state index in [0.717, 1.165) is 23.1 Å². The van der Waals surface area contributed by atoms with Crippen molar-refractivity contribution in [3.8, 4) is 0 Å². The van der Waals surface area contributed by atoms with Gasteiger partial charge in [0.2, 0.25) is 10.0 Å². The van der Waals surface area contributed by atoms with Crippen molar-refractivity contribution in [1.29, 1.82) is 0 Å². The Morgan fingerprint density at radius 3 is 2.15 bits per heavy atom. The van der Waals surface area contributed by atoms with E-state index < -0.39 is 10.0 Å². The van der Waals surface area contributed by atoms with E-state index in [9.17, 15) is 8.42 Å². The summed E-state index contributed by atoms with van der Waals surface area (Å²) in [6, 6.07) is 3.80. The lowest BCUT2D eigenvalue weighted by Crippen LogP contribution is -2.34. The van der Waals surface area contributed by atoms with Gasteiger partial charge in [0.1, 0.15) is 0 Å². The first-order chi connectivity index (χ1) is 9.09. The third-order valence-electron chi connectivity index (χ3n) is 3.31. The fourth-order valence-electron chi connectivity index (χ4n) is 2.42. The maximum absolute atomic E-state index is 12.5. The minimum atomic E-state index is -3.47. The van der Waals surface area contributed by atoms with Gasteiger partial charge in [0.25, 0.3) is 0 Å². The van der Waals surface area contributed by atoms with E-state index in [0.29, 0.717) is 11.4 Å². The topological polar surface area (TPSA) is 46.2 Å². The van der Waals surface area contributed by atoms with Crippen molar-refractivity contribution in [1.82, 2.24) is 4.72 Å². The minimum Gasteiger partial charge on any atom is -0.211 e. The summed E-state index contributed by atoms with van der Waals surface area (Å²) in [6.07, 6.45) is 2.58. The molecule has 0 aromatic heterocycles. The lowest BCUT2D eigenvalue weighted by molar-refractivity contribution is 0.369.